The van der Waals surface area contributed by atoms with Gasteiger partial charge in [-0.25, -0.2) is 0 Å². The average molecular weight is 299 g/mol. The molecular weight excluding hydrogens is 286 g/mol. The van der Waals surface area contributed by atoms with Crippen molar-refractivity contribution in [2.24, 2.45) is 5.11 Å². The number of rotatable bonds is 6. The van der Waals surface area contributed by atoms with E-state index in [0.717, 1.165) is 5.56 Å². The molecule has 106 valence electrons. The van der Waals surface area contributed by atoms with E-state index in [2.05, 4.69) is 10.0 Å². The third-order valence-corrected chi connectivity index (χ3v) is 4.01. The third-order valence-electron chi connectivity index (χ3n) is 3.14. The van der Waals surface area contributed by atoms with E-state index in [1.807, 2.05) is 11.4 Å². The summed E-state index contributed by atoms with van der Waals surface area (Å²) in [5.41, 5.74) is 9.69. The summed E-state index contributed by atoms with van der Waals surface area (Å²) in [6.07, 6.45) is 0. The number of carbonyl (C=O) groups is 2. The fourth-order valence-electron chi connectivity index (χ4n) is 2.00. The van der Waals surface area contributed by atoms with Crippen LogP contribution in [0.15, 0.2) is 46.9 Å². The van der Waals surface area contributed by atoms with Crippen LogP contribution >= 0.6 is 11.3 Å². The van der Waals surface area contributed by atoms with E-state index in [9.17, 15) is 9.59 Å². The van der Waals surface area contributed by atoms with E-state index >= 15 is 0 Å². The lowest BCUT2D eigenvalue weighted by Crippen LogP contribution is -2.12. The van der Waals surface area contributed by atoms with E-state index in [1.165, 1.54) is 18.3 Å². The van der Waals surface area contributed by atoms with Crippen molar-refractivity contribution in [3.05, 3.63) is 68.2 Å². The zero-order valence-corrected chi connectivity index (χ0v) is 12.2. The van der Waals surface area contributed by atoms with Crippen molar-refractivity contribution in [1.82, 2.24) is 0 Å². The van der Waals surface area contributed by atoms with Gasteiger partial charge >= 0.3 is 0 Å². The first-order chi connectivity index (χ1) is 10.1. The summed E-state index contributed by atoms with van der Waals surface area (Å²) in [5.74, 6) is -0.572. The van der Waals surface area contributed by atoms with Crippen molar-refractivity contribution in [2.75, 3.05) is 6.54 Å². The molecule has 6 heteroatoms. The van der Waals surface area contributed by atoms with Crippen LogP contribution in [0.2, 0.25) is 0 Å². The quantitative estimate of drug-likeness (QED) is 0.350. The zero-order chi connectivity index (χ0) is 15.2. The van der Waals surface area contributed by atoms with Gasteiger partial charge in [-0.05, 0) is 29.5 Å². The predicted octanol–water partition coefficient (Wildman–Crippen LogP) is 3.96. The van der Waals surface area contributed by atoms with Crippen LogP contribution in [0.1, 0.15) is 33.6 Å². The number of Topliss-reactive ketones (excluding diaryl/α,β-unsaturated/α-hetero) is 1. The molecule has 0 saturated carbocycles. The van der Waals surface area contributed by atoms with Gasteiger partial charge < -0.3 is 0 Å². The summed E-state index contributed by atoms with van der Waals surface area (Å²) in [7, 11) is 0. The number of thiophene rings is 1. The molecular formula is C15H13N3O2S. The number of azide groups is 1. The van der Waals surface area contributed by atoms with Crippen molar-refractivity contribution in [3.8, 4) is 0 Å². The molecule has 1 aromatic carbocycles. The van der Waals surface area contributed by atoms with Gasteiger partial charge in [0.25, 0.3) is 0 Å². The van der Waals surface area contributed by atoms with Gasteiger partial charge in [-0.2, -0.15) is 0 Å². The largest absolute Gasteiger partial charge is 0.299 e. The fraction of sp³-hybridized carbons (Fsp3) is 0.200. The Morgan fingerprint density at radius 1 is 1.29 bits per heavy atom. The minimum Gasteiger partial charge on any atom is -0.299 e. The molecule has 0 aliphatic rings. The molecule has 0 spiro atoms. The fourth-order valence-corrected chi connectivity index (χ4v) is 2.69. The van der Waals surface area contributed by atoms with Gasteiger partial charge in [-0.15, -0.1) is 11.3 Å². The molecule has 1 heterocycles. The van der Waals surface area contributed by atoms with Crippen molar-refractivity contribution in [2.45, 2.75) is 12.8 Å². The van der Waals surface area contributed by atoms with Gasteiger partial charge in [0.2, 0.25) is 5.78 Å². The SMILES string of the molecule is CC(=O)C(CN=[N+]=[N-])c1ccc(C(=O)c2cccs2)cc1. The molecule has 0 N–H and O–H groups in total. The van der Waals surface area contributed by atoms with Crippen molar-refractivity contribution < 1.29 is 9.59 Å². The molecule has 0 fully saturated rings. The molecule has 0 saturated heterocycles. The Labute approximate surface area is 125 Å². The predicted molar refractivity (Wildman–Crippen MR) is 81.6 cm³/mol. The monoisotopic (exact) mass is 299 g/mol. The van der Waals surface area contributed by atoms with Gasteiger partial charge in [-0.1, -0.05) is 35.4 Å². The highest BCUT2D eigenvalue weighted by Gasteiger charge is 2.17. The van der Waals surface area contributed by atoms with E-state index in [0.29, 0.717) is 10.4 Å². The average Bonchev–Trinajstić information content (AvgIpc) is 3.01. The number of ketones is 2. The Hall–Kier alpha value is -2.43. The minimum absolute atomic E-state index is 0.0361. The van der Waals surface area contributed by atoms with Gasteiger partial charge in [0.1, 0.15) is 5.78 Å². The van der Waals surface area contributed by atoms with Crippen LogP contribution in [0.25, 0.3) is 10.4 Å². The van der Waals surface area contributed by atoms with Gasteiger partial charge in [-0.3, -0.25) is 9.59 Å². The van der Waals surface area contributed by atoms with Crippen molar-refractivity contribution in [1.29, 1.82) is 0 Å². The maximum atomic E-state index is 12.2. The Morgan fingerprint density at radius 2 is 2.00 bits per heavy atom. The van der Waals surface area contributed by atoms with E-state index in [1.54, 1.807) is 30.3 Å². The summed E-state index contributed by atoms with van der Waals surface area (Å²) in [6.45, 7) is 1.55. The van der Waals surface area contributed by atoms with Crippen LogP contribution in [-0.4, -0.2) is 18.1 Å². The molecule has 5 nitrogen and oxygen atoms in total. The maximum absolute atomic E-state index is 12.2. The van der Waals surface area contributed by atoms with Crippen LogP contribution in [0.5, 0.6) is 0 Å². The second kappa shape index (κ2) is 6.83. The first-order valence-corrected chi connectivity index (χ1v) is 7.21. The number of benzene rings is 1. The topological polar surface area (TPSA) is 82.9 Å². The Bertz CT molecular complexity index is 686. The molecule has 0 amide bonds. The molecule has 0 aliphatic heterocycles. The molecule has 2 rings (SSSR count). The standard InChI is InChI=1S/C15H13N3O2S/c1-10(19)13(9-17-18-16)11-4-6-12(7-5-11)15(20)14-3-2-8-21-14/h2-8,13H,9H2,1H3. The third kappa shape index (κ3) is 3.56. The van der Waals surface area contributed by atoms with Crippen molar-refractivity contribution in [3.63, 3.8) is 0 Å². The minimum atomic E-state index is -0.466. The van der Waals surface area contributed by atoms with E-state index in [4.69, 9.17) is 5.53 Å². The second-order valence-electron chi connectivity index (χ2n) is 4.51. The summed E-state index contributed by atoms with van der Waals surface area (Å²) >= 11 is 1.39. The molecule has 1 aromatic heterocycles. The first-order valence-electron chi connectivity index (χ1n) is 6.33. The Kier molecular flexibility index (Phi) is 4.87. The van der Waals surface area contributed by atoms with Crippen LogP contribution in [-0.2, 0) is 4.79 Å². The highest BCUT2D eigenvalue weighted by atomic mass is 32.1. The summed E-state index contributed by atoms with van der Waals surface area (Å²) in [5, 5.41) is 5.32. The lowest BCUT2D eigenvalue weighted by Gasteiger charge is -2.11. The van der Waals surface area contributed by atoms with Crippen molar-refractivity contribution >= 4 is 22.9 Å². The lowest BCUT2D eigenvalue weighted by molar-refractivity contribution is -0.118. The molecule has 0 bridgehead atoms. The Morgan fingerprint density at radius 3 is 2.52 bits per heavy atom. The lowest BCUT2D eigenvalue weighted by atomic mass is 9.94. The molecule has 2 aromatic rings. The van der Waals surface area contributed by atoms with Crippen LogP contribution in [0.3, 0.4) is 0 Å². The van der Waals surface area contributed by atoms with Crippen LogP contribution in [0, 0.1) is 0 Å². The highest BCUT2D eigenvalue weighted by molar-refractivity contribution is 7.12. The maximum Gasteiger partial charge on any atom is 0.202 e. The number of hydrogen-bond donors (Lipinski definition) is 0. The van der Waals surface area contributed by atoms with Gasteiger partial charge in [0.15, 0.2) is 0 Å². The molecule has 1 unspecified atom stereocenters. The van der Waals surface area contributed by atoms with Crippen LogP contribution < -0.4 is 0 Å². The molecule has 1 atom stereocenters. The molecule has 0 radical (unpaired) electrons. The van der Waals surface area contributed by atoms with E-state index in [-0.39, 0.29) is 18.1 Å². The van der Waals surface area contributed by atoms with Gasteiger partial charge in [0, 0.05) is 22.9 Å². The highest BCUT2D eigenvalue weighted by Crippen LogP contribution is 2.21. The Balaban J connectivity index is 2.23. The normalized spacial score (nSPS) is 11.5. The van der Waals surface area contributed by atoms with E-state index < -0.39 is 5.92 Å². The summed E-state index contributed by atoms with van der Waals surface area (Å²) < 4.78 is 0. The molecule has 0 aliphatic carbocycles. The molecule has 21 heavy (non-hydrogen) atoms. The number of hydrogen-bond acceptors (Lipinski definition) is 4. The number of carbonyl (C=O) groups excluding carboxylic acids is 2. The summed E-state index contributed by atoms with van der Waals surface area (Å²) in [4.78, 5) is 27.1. The van der Waals surface area contributed by atoms with Crippen LogP contribution in [0.4, 0.5) is 0 Å². The first kappa shape index (κ1) is 15.0. The zero-order valence-electron chi connectivity index (χ0n) is 11.4. The second-order valence-corrected chi connectivity index (χ2v) is 5.45. The smallest absolute Gasteiger partial charge is 0.202 e. The number of nitrogens with zero attached hydrogens (tertiary/aromatic N) is 3. The summed E-state index contributed by atoms with van der Waals surface area (Å²) in [6, 6.07) is 10.5. The van der Waals surface area contributed by atoms with Gasteiger partial charge in [0.05, 0.1) is 4.88 Å².